The summed E-state index contributed by atoms with van der Waals surface area (Å²) < 4.78 is 13.0. The minimum absolute atomic E-state index is 0.0957. The van der Waals surface area contributed by atoms with Crippen molar-refractivity contribution in [3.05, 3.63) is 60.3 Å². The Labute approximate surface area is 139 Å². The predicted molar refractivity (Wildman–Crippen MR) is 88.1 cm³/mol. The predicted octanol–water partition coefficient (Wildman–Crippen LogP) is 3.11. The molecule has 3 atom stereocenters. The van der Waals surface area contributed by atoms with Gasteiger partial charge < -0.3 is 5.32 Å². The van der Waals surface area contributed by atoms with Gasteiger partial charge >= 0.3 is 0 Å². The van der Waals surface area contributed by atoms with E-state index in [9.17, 15) is 9.18 Å². The maximum atomic E-state index is 13.0. The lowest BCUT2D eigenvalue weighted by Gasteiger charge is -2.17. The summed E-state index contributed by atoms with van der Waals surface area (Å²) in [5.41, 5.74) is 2.29. The van der Waals surface area contributed by atoms with Gasteiger partial charge in [0.2, 0.25) is 5.91 Å². The van der Waals surface area contributed by atoms with E-state index in [0.717, 1.165) is 29.8 Å². The molecule has 4 nitrogen and oxygen atoms in total. The number of hydrogen-bond donors (Lipinski definition) is 1. The van der Waals surface area contributed by atoms with Crippen molar-refractivity contribution in [1.82, 2.24) is 15.3 Å². The molecule has 2 aliphatic rings. The molecule has 1 fully saturated rings. The van der Waals surface area contributed by atoms with Crippen LogP contribution in [-0.2, 0) is 11.3 Å². The number of amides is 1. The van der Waals surface area contributed by atoms with Crippen molar-refractivity contribution in [2.24, 2.45) is 17.8 Å². The molecule has 0 aliphatic heterocycles. The number of benzene rings is 1. The van der Waals surface area contributed by atoms with Gasteiger partial charge in [-0.05, 0) is 55.0 Å². The summed E-state index contributed by atoms with van der Waals surface area (Å²) in [4.78, 5) is 20.8. The van der Waals surface area contributed by atoms with Crippen molar-refractivity contribution >= 4 is 5.91 Å². The van der Waals surface area contributed by atoms with Gasteiger partial charge in [0.25, 0.3) is 0 Å². The highest BCUT2D eigenvalue weighted by molar-refractivity contribution is 5.80. The van der Waals surface area contributed by atoms with E-state index < -0.39 is 0 Å². The third kappa shape index (κ3) is 2.94. The third-order valence-corrected chi connectivity index (χ3v) is 4.92. The van der Waals surface area contributed by atoms with Crippen LogP contribution in [0.3, 0.4) is 0 Å². The van der Waals surface area contributed by atoms with Gasteiger partial charge in [0.05, 0.1) is 17.9 Å². The summed E-state index contributed by atoms with van der Waals surface area (Å²) in [5.74, 6) is 0.900. The summed E-state index contributed by atoms with van der Waals surface area (Å²) in [6.07, 6.45) is 7.95. The highest BCUT2D eigenvalue weighted by Gasteiger charge is 2.39. The van der Waals surface area contributed by atoms with Gasteiger partial charge in [-0.15, -0.1) is 0 Å². The first-order valence-electron chi connectivity index (χ1n) is 8.22. The third-order valence-electron chi connectivity index (χ3n) is 4.92. The lowest BCUT2D eigenvalue weighted by Crippen LogP contribution is -2.32. The van der Waals surface area contributed by atoms with Crippen LogP contribution >= 0.6 is 0 Å². The van der Waals surface area contributed by atoms with Crippen molar-refractivity contribution in [2.75, 3.05) is 0 Å². The van der Waals surface area contributed by atoms with Gasteiger partial charge in [0, 0.05) is 11.5 Å². The second kappa shape index (κ2) is 6.15. The number of carbonyl (C=O) groups excluding carboxylic acids is 1. The molecule has 1 N–H and O–H groups in total. The SMILES string of the molecule is O=C(NCc1cc(-c2ccc(F)cc2)ncn1)C1CC2C=CC1C2. The van der Waals surface area contributed by atoms with Gasteiger partial charge in [0.1, 0.15) is 12.1 Å². The molecule has 4 rings (SSSR count). The van der Waals surface area contributed by atoms with E-state index in [1.54, 1.807) is 12.1 Å². The van der Waals surface area contributed by atoms with Crippen molar-refractivity contribution in [1.29, 1.82) is 0 Å². The average molecular weight is 323 g/mol. The Morgan fingerprint density at radius 2 is 2.00 bits per heavy atom. The van der Waals surface area contributed by atoms with Gasteiger partial charge in [-0.25, -0.2) is 14.4 Å². The van der Waals surface area contributed by atoms with Crippen molar-refractivity contribution < 1.29 is 9.18 Å². The second-order valence-corrected chi connectivity index (χ2v) is 6.51. The summed E-state index contributed by atoms with van der Waals surface area (Å²) in [7, 11) is 0. The summed E-state index contributed by atoms with van der Waals surface area (Å²) in [6, 6.07) is 8.00. The molecule has 0 radical (unpaired) electrons. The van der Waals surface area contributed by atoms with E-state index in [1.807, 2.05) is 6.07 Å². The molecule has 1 aromatic carbocycles. The quantitative estimate of drug-likeness (QED) is 0.880. The minimum atomic E-state index is -0.278. The molecule has 0 saturated heterocycles. The zero-order chi connectivity index (χ0) is 16.5. The van der Waals surface area contributed by atoms with Crippen LogP contribution < -0.4 is 5.32 Å². The number of allylic oxidation sites excluding steroid dienone is 2. The zero-order valence-electron chi connectivity index (χ0n) is 13.2. The summed E-state index contributed by atoms with van der Waals surface area (Å²) in [6.45, 7) is 0.382. The maximum Gasteiger partial charge on any atom is 0.224 e. The average Bonchev–Trinajstić information content (AvgIpc) is 3.24. The lowest BCUT2D eigenvalue weighted by molar-refractivity contribution is -0.125. The van der Waals surface area contributed by atoms with Crippen molar-refractivity contribution in [3.8, 4) is 11.3 Å². The molecule has 2 aromatic rings. The van der Waals surface area contributed by atoms with Crippen LogP contribution in [0.2, 0.25) is 0 Å². The Kier molecular flexibility index (Phi) is 3.84. The van der Waals surface area contributed by atoms with Crippen molar-refractivity contribution in [2.45, 2.75) is 19.4 Å². The first-order valence-corrected chi connectivity index (χ1v) is 8.22. The lowest BCUT2D eigenvalue weighted by atomic mass is 9.93. The first kappa shape index (κ1) is 15.0. The molecular weight excluding hydrogens is 305 g/mol. The summed E-state index contributed by atoms with van der Waals surface area (Å²) >= 11 is 0. The Bertz CT molecular complexity index is 787. The molecule has 1 amide bonds. The maximum absolute atomic E-state index is 13.0. The molecular formula is C19H18FN3O. The van der Waals surface area contributed by atoms with Crippen LogP contribution in [0.5, 0.6) is 0 Å². The van der Waals surface area contributed by atoms with Gasteiger partial charge in [-0.1, -0.05) is 12.2 Å². The molecule has 1 saturated carbocycles. The number of carbonyl (C=O) groups is 1. The van der Waals surface area contributed by atoms with Crippen molar-refractivity contribution in [3.63, 3.8) is 0 Å². The number of rotatable bonds is 4. The normalized spacial score (nSPS) is 24.3. The van der Waals surface area contributed by atoms with Crippen LogP contribution in [0.15, 0.2) is 48.8 Å². The molecule has 122 valence electrons. The zero-order valence-corrected chi connectivity index (χ0v) is 13.2. The van der Waals surface area contributed by atoms with Gasteiger partial charge in [-0.3, -0.25) is 4.79 Å². The molecule has 24 heavy (non-hydrogen) atoms. The topological polar surface area (TPSA) is 54.9 Å². The molecule has 1 aromatic heterocycles. The highest BCUT2D eigenvalue weighted by atomic mass is 19.1. The van der Waals surface area contributed by atoms with E-state index in [2.05, 4.69) is 27.4 Å². The Balaban J connectivity index is 1.42. The Hall–Kier alpha value is -2.56. The Morgan fingerprint density at radius 1 is 1.17 bits per heavy atom. The number of hydrogen-bond acceptors (Lipinski definition) is 3. The standard InChI is InChI=1S/C19H18FN3O/c20-15-5-3-13(4-6-15)18-9-16(22-11-23-18)10-21-19(24)17-8-12-1-2-14(17)7-12/h1-6,9,11-12,14,17H,7-8,10H2,(H,21,24). The molecule has 1 heterocycles. The van der Waals surface area contributed by atoms with Gasteiger partial charge in [0.15, 0.2) is 0 Å². The van der Waals surface area contributed by atoms with E-state index >= 15 is 0 Å². The smallest absolute Gasteiger partial charge is 0.224 e. The Morgan fingerprint density at radius 3 is 2.71 bits per heavy atom. The fourth-order valence-electron chi connectivity index (χ4n) is 3.66. The van der Waals surface area contributed by atoms with Crippen LogP contribution in [0.4, 0.5) is 4.39 Å². The van der Waals surface area contributed by atoms with Crippen LogP contribution in [0.1, 0.15) is 18.5 Å². The number of fused-ring (bicyclic) bond motifs is 2. The fraction of sp³-hybridized carbons (Fsp3) is 0.316. The number of nitrogens with zero attached hydrogens (tertiary/aromatic N) is 2. The molecule has 2 aliphatic carbocycles. The highest BCUT2D eigenvalue weighted by Crippen LogP contribution is 2.43. The molecule has 0 spiro atoms. The van der Waals surface area contributed by atoms with E-state index in [0.29, 0.717) is 18.4 Å². The van der Waals surface area contributed by atoms with E-state index in [-0.39, 0.29) is 17.6 Å². The number of aromatic nitrogens is 2. The van der Waals surface area contributed by atoms with Crippen LogP contribution in [0.25, 0.3) is 11.3 Å². The number of halogens is 1. The van der Waals surface area contributed by atoms with Gasteiger partial charge in [-0.2, -0.15) is 0 Å². The molecule has 5 heteroatoms. The fourth-order valence-corrected chi connectivity index (χ4v) is 3.66. The first-order chi connectivity index (χ1) is 11.7. The summed E-state index contributed by atoms with van der Waals surface area (Å²) in [5, 5.41) is 2.99. The largest absolute Gasteiger partial charge is 0.350 e. The van der Waals surface area contributed by atoms with Crippen LogP contribution in [0, 0.1) is 23.6 Å². The van der Waals surface area contributed by atoms with E-state index in [4.69, 9.17) is 0 Å². The monoisotopic (exact) mass is 323 g/mol. The second-order valence-electron chi connectivity index (χ2n) is 6.51. The molecule has 3 unspecified atom stereocenters. The number of nitrogens with one attached hydrogen (secondary N) is 1. The van der Waals surface area contributed by atoms with Crippen LogP contribution in [-0.4, -0.2) is 15.9 Å². The molecule has 2 bridgehead atoms. The van der Waals surface area contributed by atoms with E-state index in [1.165, 1.54) is 18.5 Å². The minimum Gasteiger partial charge on any atom is -0.350 e.